The largest absolute Gasteiger partial charge is 0.464 e. The highest BCUT2D eigenvalue weighted by Gasteiger charge is 2.35. The summed E-state index contributed by atoms with van der Waals surface area (Å²) >= 11 is 1.41. The molecule has 2 aromatic heterocycles. The van der Waals surface area contributed by atoms with Crippen molar-refractivity contribution in [3.05, 3.63) is 76.9 Å². The third-order valence-electron chi connectivity index (χ3n) is 5.69. The van der Waals surface area contributed by atoms with E-state index in [4.69, 9.17) is 4.42 Å². The molecule has 1 saturated heterocycles. The summed E-state index contributed by atoms with van der Waals surface area (Å²) in [5.74, 6) is -0.698. The molecule has 5 rings (SSSR count). The average molecular weight is 450 g/mol. The van der Waals surface area contributed by atoms with Crippen LogP contribution in [0, 0.1) is 12.7 Å². The highest BCUT2D eigenvalue weighted by molar-refractivity contribution is 7.15. The Balaban J connectivity index is 1.30. The summed E-state index contributed by atoms with van der Waals surface area (Å²) in [7, 11) is 0. The number of aromatic nitrogens is 1. The van der Waals surface area contributed by atoms with Crippen LogP contribution in [-0.4, -0.2) is 40.8 Å². The molecule has 3 heterocycles. The van der Waals surface area contributed by atoms with Crippen molar-refractivity contribution in [1.29, 1.82) is 0 Å². The Morgan fingerprint density at radius 1 is 1.22 bits per heavy atom. The summed E-state index contributed by atoms with van der Waals surface area (Å²) in [5.41, 5.74) is 2.34. The number of furan rings is 1. The average Bonchev–Trinajstić information content (AvgIpc) is 3.40. The van der Waals surface area contributed by atoms with Crippen molar-refractivity contribution < 1.29 is 18.4 Å². The van der Waals surface area contributed by atoms with Crippen LogP contribution in [0.15, 0.2) is 59.2 Å². The lowest BCUT2D eigenvalue weighted by Gasteiger charge is -2.40. The van der Waals surface area contributed by atoms with Gasteiger partial charge in [-0.25, -0.2) is 9.37 Å². The van der Waals surface area contributed by atoms with Crippen LogP contribution in [0.5, 0.6) is 0 Å². The topological polar surface area (TPSA) is 75.4 Å². The molecule has 32 heavy (non-hydrogen) atoms. The lowest BCUT2D eigenvalue weighted by molar-refractivity contribution is 0.0451. The Morgan fingerprint density at radius 3 is 2.78 bits per heavy atom. The quantitative estimate of drug-likeness (QED) is 0.481. The lowest BCUT2D eigenvalue weighted by Crippen LogP contribution is -2.56. The first-order valence-corrected chi connectivity index (χ1v) is 11.1. The van der Waals surface area contributed by atoms with Gasteiger partial charge in [0.15, 0.2) is 0 Å². The van der Waals surface area contributed by atoms with Gasteiger partial charge in [-0.1, -0.05) is 18.2 Å². The molecule has 4 aromatic rings. The minimum Gasteiger partial charge on any atom is -0.464 e. The highest BCUT2D eigenvalue weighted by Crippen LogP contribution is 2.33. The van der Waals surface area contributed by atoms with Crippen LogP contribution in [-0.2, 0) is 0 Å². The maximum Gasteiger partial charge on any atom is 0.274 e. The first kappa shape index (κ1) is 20.4. The van der Waals surface area contributed by atoms with Gasteiger partial charge in [0.1, 0.15) is 17.1 Å². The van der Waals surface area contributed by atoms with Gasteiger partial charge >= 0.3 is 0 Å². The van der Waals surface area contributed by atoms with Crippen LogP contribution >= 0.6 is 11.3 Å². The van der Waals surface area contributed by atoms with E-state index in [1.807, 2.05) is 13.0 Å². The highest BCUT2D eigenvalue weighted by atomic mass is 32.1. The number of nitrogens with one attached hydrogen (secondary N) is 1. The third-order valence-corrected chi connectivity index (χ3v) is 6.71. The summed E-state index contributed by atoms with van der Waals surface area (Å²) in [6, 6.07) is 13.1. The fourth-order valence-electron chi connectivity index (χ4n) is 3.92. The molecule has 2 aromatic carbocycles. The molecule has 1 fully saturated rings. The Kier molecular flexibility index (Phi) is 5.22. The SMILES string of the molecule is Cc1nc(C(=O)N2CCC2CNC(=O)c2cccc3occc23)c(-c2ccc(F)cc2)s1. The number of likely N-dealkylation sites (tertiary alicyclic amines) is 1. The van der Waals surface area contributed by atoms with E-state index >= 15 is 0 Å². The molecule has 0 bridgehead atoms. The number of aryl methyl sites for hydroxylation is 1. The first-order valence-electron chi connectivity index (χ1n) is 10.3. The normalized spacial score (nSPS) is 15.6. The summed E-state index contributed by atoms with van der Waals surface area (Å²) < 4.78 is 18.7. The van der Waals surface area contributed by atoms with Crippen molar-refractivity contribution in [3.63, 3.8) is 0 Å². The second-order valence-corrected chi connectivity index (χ2v) is 8.91. The van der Waals surface area contributed by atoms with E-state index in [0.29, 0.717) is 29.9 Å². The molecular formula is C24H20FN3O3S. The molecule has 0 spiro atoms. The summed E-state index contributed by atoms with van der Waals surface area (Å²) in [6.07, 6.45) is 2.36. The van der Waals surface area contributed by atoms with E-state index in [-0.39, 0.29) is 23.7 Å². The van der Waals surface area contributed by atoms with Crippen LogP contribution in [0.2, 0.25) is 0 Å². The first-order chi connectivity index (χ1) is 15.5. The molecule has 0 aliphatic carbocycles. The number of amides is 2. The van der Waals surface area contributed by atoms with Crippen molar-refractivity contribution in [2.24, 2.45) is 0 Å². The minimum absolute atomic E-state index is 0.0990. The van der Waals surface area contributed by atoms with Crippen molar-refractivity contribution in [1.82, 2.24) is 15.2 Å². The number of halogens is 1. The summed E-state index contributed by atoms with van der Waals surface area (Å²) in [6.45, 7) is 2.81. The maximum atomic E-state index is 13.3. The summed E-state index contributed by atoms with van der Waals surface area (Å²) in [5, 5.41) is 4.47. The van der Waals surface area contributed by atoms with E-state index in [1.54, 1.807) is 41.5 Å². The number of benzene rings is 2. The number of hydrogen-bond donors (Lipinski definition) is 1. The van der Waals surface area contributed by atoms with Gasteiger partial charge in [-0.3, -0.25) is 9.59 Å². The van der Waals surface area contributed by atoms with Gasteiger partial charge < -0.3 is 14.6 Å². The molecule has 1 atom stereocenters. The molecule has 1 unspecified atom stereocenters. The van der Waals surface area contributed by atoms with Gasteiger partial charge in [0.25, 0.3) is 11.8 Å². The second kappa shape index (κ2) is 8.20. The van der Waals surface area contributed by atoms with Gasteiger partial charge in [0.2, 0.25) is 0 Å². The molecule has 6 nitrogen and oxygen atoms in total. The van der Waals surface area contributed by atoms with E-state index in [9.17, 15) is 14.0 Å². The van der Waals surface area contributed by atoms with E-state index in [2.05, 4.69) is 10.3 Å². The second-order valence-electron chi connectivity index (χ2n) is 7.71. The monoisotopic (exact) mass is 449 g/mol. The van der Waals surface area contributed by atoms with Crippen LogP contribution in [0.4, 0.5) is 4.39 Å². The van der Waals surface area contributed by atoms with Crippen molar-refractivity contribution in [2.45, 2.75) is 19.4 Å². The van der Waals surface area contributed by atoms with Gasteiger partial charge in [-0.15, -0.1) is 11.3 Å². The summed E-state index contributed by atoms with van der Waals surface area (Å²) in [4.78, 5) is 32.9. The van der Waals surface area contributed by atoms with Gasteiger partial charge in [0, 0.05) is 18.5 Å². The Hall–Kier alpha value is -3.52. The fraction of sp³-hybridized carbons (Fsp3) is 0.208. The third kappa shape index (κ3) is 3.67. The minimum atomic E-state index is -0.326. The number of rotatable bonds is 5. The molecule has 162 valence electrons. The van der Waals surface area contributed by atoms with Gasteiger partial charge in [-0.2, -0.15) is 0 Å². The van der Waals surface area contributed by atoms with Crippen LogP contribution in [0.3, 0.4) is 0 Å². The van der Waals surface area contributed by atoms with Crippen molar-refractivity contribution in [2.75, 3.05) is 13.1 Å². The predicted octanol–water partition coefficient (Wildman–Crippen LogP) is 4.65. The number of hydrogen-bond acceptors (Lipinski definition) is 5. The molecule has 8 heteroatoms. The zero-order valence-corrected chi connectivity index (χ0v) is 18.1. The molecule has 0 saturated carbocycles. The number of carbonyl (C=O) groups is 2. The predicted molar refractivity (Wildman–Crippen MR) is 120 cm³/mol. The zero-order valence-electron chi connectivity index (χ0n) is 17.3. The Bertz CT molecular complexity index is 1310. The number of thiazole rings is 1. The molecule has 1 aliphatic rings. The zero-order chi connectivity index (χ0) is 22.2. The van der Waals surface area contributed by atoms with E-state index in [0.717, 1.165) is 27.3 Å². The molecule has 1 aliphatic heterocycles. The Labute approximate surface area is 187 Å². The van der Waals surface area contributed by atoms with Crippen molar-refractivity contribution >= 4 is 34.1 Å². The van der Waals surface area contributed by atoms with Crippen LogP contribution in [0.25, 0.3) is 21.4 Å². The number of carbonyl (C=O) groups excluding carboxylic acids is 2. The smallest absolute Gasteiger partial charge is 0.274 e. The van der Waals surface area contributed by atoms with Gasteiger partial charge in [0.05, 0.1) is 27.8 Å². The van der Waals surface area contributed by atoms with E-state index < -0.39 is 0 Å². The van der Waals surface area contributed by atoms with E-state index in [1.165, 1.54) is 23.5 Å². The standard InChI is InChI=1S/C24H20FN3O3S/c1-14-27-21(22(32-14)15-5-7-16(25)8-6-15)24(30)28-11-9-17(28)13-26-23(29)19-3-2-4-20-18(19)10-12-31-20/h2-8,10,12,17H,9,11,13H2,1H3,(H,26,29). The maximum absolute atomic E-state index is 13.3. The van der Waals surface area contributed by atoms with Gasteiger partial charge in [-0.05, 0) is 49.2 Å². The molecule has 0 radical (unpaired) electrons. The number of fused-ring (bicyclic) bond motifs is 1. The molecular weight excluding hydrogens is 429 g/mol. The molecule has 2 amide bonds. The van der Waals surface area contributed by atoms with Crippen LogP contribution < -0.4 is 5.32 Å². The van der Waals surface area contributed by atoms with Crippen LogP contribution in [0.1, 0.15) is 32.3 Å². The van der Waals surface area contributed by atoms with Crippen molar-refractivity contribution in [3.8, 4) is 10.4 Å². The Morgan fingerprint density at radius 2 is 2.03 bits per heavy atom. The lowest BCUT2D eigenvalue weighted by atomic mass is 10.0. The molecule has 1 N–H and O–H groups in total. The number of nitrogens with zero attached hydrogens (tertiary/aromatic N) is 2. The fourth-order valence-corrected chi connectivity index (χ4v) is 4.84.